The number of fused-ring (bicyclic) bond motifs is 1. The van der Waals surface area contributed by atoms with Crippen molar-refractivity contribution in [1.29, 1.82) is 0 Å². The fraction of sp³-hybridized carbons (Fsp3) is 0.238. The maximum Gasteiger partial charge on any atom is 0.336 e. The summed E-state index contributed by atoms with van der Waals surface area (Å²) in [6, 6.07) is 12.5. The highest BCUT2D eigenvalue weighted by atomic mass is 16.5. The van der Waals surface area contributed by atoms with Crippen molar-refractivity contribution in [2.24, 2.45) is 0 Å². The molecule has 0 aliphatic rings. The Hall–Kier alpha value is -2.88. The Balaban J connectivity index is 1.81. The summed E-state index contributed by atoms with van der Waals surface area (Å²) in [6.45, 7) is 5.83. The van der Waals surface area contributed by atoms with Crippen LogP contribution in [0.4, 0.5) is 0 Å². The molecule has 0 atom stereocenters. The number of Topliss-reactive ketones (excluding diaryl/α,β-unsaturated/α-hetero) is 1. The molecule has 0 fully saturated rings. The van der Waals surface area contributed by atoms with Gasteiger partial charge in [-0.25, -0.2) is 4.79 Å². The van der Waals surface area contributed by atoms with Gasteiger partial charge in [0.25, 0.3) is 0 Å². The second-order valence-corrected chi connectivity index (χ2v) is 6.13. The normalized spacial score (nSPS) is 10.8. The molecule has 3 rings (SSSR count). The molecule has 128 valence electrons. The Morgan fingerprint density at radius 1 is 1.08 bits per heavy atom. The number of ketones is 1. The third-order valence-corrected chi connectivity index (χ3v) is 4.23. The average Bonchev–Trinajstić information content (AvgIpc) is 2.58. The molecular formula is C21H20O4. The zero-order valence-corrected chi connectivity index (χ0v) is 14.6. The Bertz CT molecular complexity index is 998. The van der Waals surface area contributed by atoms with E-state index in [1.165, 1.54) is 6.07 Å². The van der Waals surface area contributed by atoms with Crippen molar-refractivity contribution in [2.75, 3.05) is 6.61 Å². The van der Waals surface area contributed by atoms with Gasteiger partial charge < -0.3 is 9.15 Å². The number of hydrogen-bond donors (Lipinski definition) is 0. The molecule has 0 radical (unpaired) electrons. The van der Waals surface area contributed by atoms with Crippen LogP contribution >= 0.6 is 0 Å². The quantitative estimate of drug-likeness (QED) is 0.517. The van der Waals surface area contributed by atoms with Gasteiger partial charge in [-0.2, -0.15) is 0 Å². The van der Waals surface area contributed by atoms with Crippen LogP contribution in [-0.4, -0.2) is 12.4 Å². The Kier molecular flexibility index (Phi) is 4.70. The summed E-state index contributed by atoms with van der Waals surface area (Å²) in [4.78, 5) is 24.0. The highest BCUT2D eigenvalue weighted by molar-refractivity contribution is 5.98. The minimum atomic E-state index is -0.382. The average molecular weight is 336 g/mol. The van der Waals surface area contributed by atoms with Crippen LogP contribution in [0.25, 0.3) is 11.0 Å². The van der Waals surface area contributed by atoms with Crippen LogP contribution < -0.4 is 10.4 Å². The molecule has 0 saturated carbocycles. The first-order valence-electron chi connectivity index (χ1n) is 8.28. The van der Waals surface area contributed by atoms with Crippen LogP contribution in [0.5, 0.6) is 5.75 Å². The standard InChI is InChI=1S/C21H20O4/c1-4-15-10-21(23)25-20-11-16(6-8-18(15)20)24-12-19(22)17-7-5-13(2)9-14(17)3/h5-11H,4,12H2,1-3H3. The van der Waals surface area contributed by atoms with E-state index >= 15 is 0 Å². The van der Waals surface area contributed by atoms with E-state index in [4.69, 9.17) is 9.15 Å². The molecular weight excluding hydrogens is 316 g/mol. The van der Waals surface area contributed by atoms with Crippen LogP contribution in [-0.2, 0) is 6.42 Å². The first-order chi connectivity index (χ1) is 12.0. The van der Waals surface area contributed by atoms with E-state index in [1.54, 1.807) is 12.1 Å². The van der Waals surface area contributed by atoms with E-state index in [0.717, 1.165) is 28.5 Å². The molecule has 1 heterocycles. The minimum absolute atomic E-state index is 0.0624. The predicted octanol–water partition coefficient (Wildman–Crippen LogP) is 4.23. The number of hydrogen-bond acceptors (Lipinski definition) is 4. The van der Waals surface area contributed by atoms with E-state index in [-0.39, 0.29) is 18.0 Å². The summed E-state index contributed by atoms with van der Waals surface area (Å²) in [5.41, 5.74) is 3.74. The summed E-state index contributed by atoms with van der Waals surface area (Å²) in [5, 5.41) is 0.884. The highest BCUT2D eigenvalue weighted by Crippen LogP contribution is 2.23. The second-order valence-electron chi connectivity index (χ2n) is 6.13. The molecule has 4 heteroatoms. The number of carbonyl (C=O) groups is 1. The molecule has 0 aliphatic carbocycles. The van der Waals surface area contributed by atoms with Gasteiger partial charge in [-0.1, -0.05) is 30.7 Å². The lowest BCUT2D eigenvalue weighted by molar-refractivity contribution is 0.0921. The SMILES string of the molecule is CCc1cc(=O)oc2cc(OCC(=O)c3ccc(C)cc3C)ccc12. The van der Waals surface area contributed by atoms with Crippen LogP contribution in [0, 0.1) is 13.8 Å². The maximum atomic E-state index is 12.4. The molecule has 3 aromatic rings. The van der Waals surface area contributed by atoms with Gasteiger partial charge in [0, 0.05) is 23.1 Å². The van der Waals surface area contributed by atoms with Crippen molar-refractivity contribution in [3.8, 4) is 5.75 Å². The van der Waals surface area contributed by atoms with Crippen LogP contribution in [0.3, 0.4) is 0 Å². The van der Waals surface area contributed by atoms with Crippen LogP contribution in [0.1, 0.15) is 34.0 Å². The van der Waals surface area contributed by atoms with E-state index in [0.29, 0.717) is 16.9 Å². The van der Waals surface area contributed by atoms with Crippen molar-refractivity contribution >= 4 is 16.8 Å². The number of rotatable bonds is 5. The molecule has 0 aliphatic heterocycles. The summed E-state index contributed by atoms with van der Waals surface area (Å²) >= 11 is 0. The van der Waals surface area contributed by atoms with Gasteiger partial charge in [0.1, 0.15) is 11.3 Å². The maximum absolute atomic E-state index is 12.4. The van der Waals surface area contributed by atoms with Crippen molar-refractivity contribution in [3.05, 3.63) is 75.1 Å². The van der Waals surface area contributed by atoms with Gasteiger partial charge in [-0.3, -0.25) is 4.79 Å². The number of ether oxygens (including phenoxy) is 1. The first kappa shape index (κ1) is 17.0. The van der Waals surface area contributed by atoms with Gasteiger partial charge in [-0.15, -0.1) is 0 Å². The molecule has 25 heavy (non-hydrogen) atoms. The molecule has 0 unspecified atom stereocenters. The van der Waals surface area contributed by atoms with Gasteiger partial charge in [-0.05, 0) is 43.5 Å². The molecule has 0 bridgehead atoms. The second kappa shape index (κ2) is 6.93. The molecule has 4 nitrogen and oxygen atoms in total. The van der Waals surface area contributed by atoms with Crippen LogP contribution in [0.15, 0.2) is 51.7 Å². The minimum Gasteiger partial charge on any atom is -0.485 e. The van der Waals surface area contributed by atoms with Crippen molar-refractivity contribution in [1.82, 2.24) is 0 Å². The third-order valence-electron chi connectivity index (χ3n) is 4.23. The van der Waals surface area contributed by atoms with Crippen LogP contribution in [0.2, 0.25) is 0 Å². The summed E-state index contributed by atoms with van der Waals surface area (Å²) < 4.78 is 10.9. The lowest BCUT2D eigenvalue weighted by atomic mass is 10.0. The van der Waals surface area contributed by atoms with Crippen molar-refractivity contribution in [2.45, 2.75) is 27.2 Å². The summed E-state index contributed by atoms with van der Waals surface area (Å²) in [7, 11) is 0. The number of benzene rings is 2. The van der Waals surface area contributed by atoms with Gasteiger partial charge in [0.05, 0.1) is 0 Å². The molecule has 1 aromatic heterocycles. The zero-order valence-electron chi connectivity index (χ0n) is 14.6. The zero-order chi connectivity index (χ0) is 18.0. The number of carbonyl (C=O) groups excluding carboxylic acids is 1. The van der Waals surface area contributed by atoms with Crippen molar-refractivity contribution in [3.63, 3.8) is 0 Å². The molecule has 0 amide bonds. The lowest BCUT2D eigenvalue weighted by Crippen LogP contribution is -2.13. The fourth-order valence-electron chi connectivity index (χ4n) is 2.95. The lowest BCUT2D eigenvalue weighted by Gasteiger charge is -2.09. The Morgan fingerprint density at radius 3 is 2.60 bits per heavy atom. The van der Waals surface area contributed by atoms with Crippen molar-refractivity contribution < 1.29 is 13.9 Å². The summed E-state index contributed by atoms with van der Waals surface area (Å²) in [5.74, 6) is 0.420. The Labute approximate surface area is 146 Å². The third kappa shape index (κ3) is 3.63. The van der Waals surface area contributed by atoms with Gasteiger partial charge in [0.15, 0.2) is 12.4 Å². The van der Waals surface area contributed by atoms with Gasteiger partial charge in [0.2, 0.25) is 0 Å². The predicted molar refractivity (Wildman–Crippen MR) is 97.6 cm³/mol. The number of aryl methyl sites for hydroxylation is 3. The molecule has 0 saturated heterocycles. The fourth-order valence-corrected chi connectivity index (χ4v) is 2.95. The molecule has 2 aromatic carbocycles. The topological polar surface area (TPSA) is 56.5 Å². The van der Waals surface area contributed by atoms with E-state index in [9.17, 15) is 9.59 Å². The molecule has 0 N–H and O–H groups in total. The van der Waals surface area contributed by atoms with E-state index in [1.807, 2.05) is 45.0 Å². The van der Waals surface area contributed by atoms with E-state index < -0.39 is 0 Å². The Morgan fingerprint density at radius 2 is 1.88 bits per heavy atom. The highest BCUT2D eigenvalue weighted by Gasteiger charge is 2.11. The van der Waals surface area contributed by atoms with E-state index in [2.05, 4.69) is 0 Å². The largest absolute Gasteiger partial charge is 0.485 e. The molecule has 0 spiro atoms. The van der Waals surface area contributed by atoms with Gasteiger partial charge >= 0.3 is 5.63 Å². The first-order valence-corrected chi connectivity index (χ1v) is 8.28. The smallest absolute Gasteiger partial charge is 0.336 e. The monoisotopic (exact) mass is 336 g/mol. The summed E-state index contributed by atoms with van der Waals surface area (Å²) in [6.07, 6.45) is 0.744.